The van der Waals surface area contributed by atoms with E-state index in [1.54, 1.807) is 12.1 Å². The molecular formula is C22H24BrIO5. The fraction of sp³-hybridized carbons (Fsp3) is 0.409. The Hall–Kier alpha value is -1.00. The lowest BCUT2D eigenvalue weighted by atomic mass is 10.1. The van der Waals surface area contributed by atoms with Gasteiger partial charge in [0, 0.05) is 8.04 Å². The molecule has 1 aliphatic heterocycles. The summed E-state index contributed by atoms with van der Waals surface area (Å²) >= 11 is 5.89. The van der Waals surface area contributed by atoms with Crippen molar-refractivity contribution in [3.8, 4) is 0 Å². The molecule has 1 fully saturated rings. The van der Waals surface area contributed by atoms with E-state index < -0.39 is 12.2 Å². The second-order valence-corrected chi connectivity index (χ2v) is 8.77. The number of rotatable bonds is 7. The molecule has 0 aromatic heterocycles. The SMILES string of the molecule is CC[C@@H]1OC[C@H](OCc2cccc(I)c2Br)[C@@H](C(C)OC(=O)c2ccccc2)O1. The van der Waals surface area contributed by atoms with E-state index in [0.717, 1.165) is 13.6 Å². The minimum Gasteiger partial charge on any atom is -0.456 e. The Morgan fingerprint density at radius 3 is 2.72 bits per heavy atom. The lowest BCUT2D eigenvalue weighted by Crippen LogP contribution is -2.51. The van der Waals surface area contributed by atoms with Crippen LogP contribution < -0.4 is 0 Å². The van der Waals surface area contributed by atoms with Crippen molar-refractivity contribution in [3.63, 3.8) is 0 Å². The van der Waals surface area contributed by atoms with E-state index in [4.69, 9.17) is 18.9 Å². The molecule has 0 N–H and O–H groups in total. The van der Waals surface area contributed by atoms with Crippen molar-refractivity contribution in [1.29, 1.82) is 0 Å². The van der Waals surface area contributed by atoms with Gasteiger partial charge in [0.25, 0.3) is 0 Å². The van der Waals surface area contributed by atoms with Crippen molar-refractivity contribution >= 4 is 44.5 Å². The predicted molar refractivity (Wildman–Crippen MR) is 122 cm³/mol. The molecule has 0 amide bonds. The first-order valence-electron chi connectivity index (χ1n) is 9.57. The molecule has 1 unspecified atom stereocenters. The van der Waals surface area contributed by atoms with Crippen LogP contribution in [0.2, 0.25) is 0 Å². The summed E-state index contributed by atoms with van der Waals surface area (Å²) in [5.41, 5.74) is 1.56. The minimum atomic E-state index is -0.481. The number of esters is 1. The van der Waals surface area contributed by atoms with Crippen LogP contribution in [0, 0.1) is 3.57 Å². The summed E-state index contributed by atoms with van der Waals surface area (Å²) < 4.78 is 25.8. The van der Waals surface area contributed by atoms with Gasteiger partial charge in [-0.3, -0.25) is 0 Å². The summed E-state index contributed by atoms with van der Waals surface area (Å²) in [6, 6.07) is 15.0. The first kappa shape index (κ1) is 22.7. The molecule has 0 saturated carbocycles. The summed E-state index contributed by atoms with van der Waals surface area (Å²) in [7, 11) is 0. The van der Waals surface area contributed by atoms with E-state index in [0.29, 0.717) is 25.2 Å². The summed E-state index contributed by atoms with van der Waals surface area (Å²) in [5, 5.41) is 0. The van der Waals surface area contributed by atoms with Crippen molar-refractivity contribution < 1.29 is 23.7 Å². The third kappa shape index (κ3) is 6.01. The van der Waals surface area contributed by atoms with Crippen LogP contribution in [-0.2, 0) is 25.6 Å². The summed E-state index contributed by atoms with van der Waals surface area (Å²) in [6.07, 6.45) is -0.860. The zero-order valence-electron chi connectivity index (χ0n) is 16.3. The van der Waals surface area contributed by atoms with Crippen LogP contribution in [0.25, 0.3) is 0 Å². The van der Waals surface area contributed by atoms with Gasteiger partial charge in [-0.1, -0.05) is 37.3 Å². The Morgan fingerprint density at radius 2 is 2.00 bits per heavy atom. The molecule has 7 heteroatoms. The average molecular weight is 575 g/mol. The highest BCUT2D eigenvalue weighted by atomic mass is 127. The standard InChI is InChI=1S/C22H24BrIO5/c1-3-19-27-13-18(26-12-16-10-7-11-17(24)20(16)23)21(29-19)14(2)28-22(25)15-8-5-4-6-9-15/h4-11,14,18-19,21H,3,12-13H2,1-2H3/t14?,18-,19+,21+/m0/s1. The van der Waals surface area contributed by atoms with Crippen molar-refractivity contribution in [2.24, 2.45) is 0 Å². The van der Waals surface area contributed by atoms with Crippen molar-refractivity contribution in [2.75, 3.05) is 6.61 Å². The highest BCUT2D eigenvalue weighted by Crippen LogP contribution is 2.27. The van der Waals surface area contributed by atoms with Crippen LogP contribution in [0.15, 0.2) is 53.0 Å². The monoisotopic (exact) mass is 574 g/mol. The first-order valence-corrected chi connectivity index (χ1v) is 11.4. The van der Waals surface area contributed by atoms with E-state index in [9.17, 15) is 4.79 Å². The molecule has 4 atom stereocenters. The number of hydrogen-bond donors (Lipinski definition) is 0. The zero-order chi connectivity index (χ0) is 20.8. The number of benzene rings is 2. The van der Waals surface area contributed by atoms with Crippen LogP contribution in [0.1, 0.15) is 36.2 Å². The summed E-state index contributed by atoms with van der Waals surface area (Å²) in [5.74, 6) is -0.375. The smallest absolute Gasteiger partial charge is 0.338 e. The molecule has 0 spiro atoms. The fourth-order valence-corrected chi connectivity index (χ4v) is 4.04. The maximum atomic E-state index is 12.5. The number of ether oxygens (including phenoxy) is 4. The highest BCUT2D eigenvalue weighted by molar-refractivity contribution is 14.1. The molecule has 0 aliphatic carbocycles. The van der Waals surface area contributed by atoms with Gasteiger partial charge in [-0.15, -0.1) is 0 Å². The number of hydrogen-bond acceptors (Lipinski definition) is 5. The molecule has 0 bridgehead atoms. The minimum absolute atomic E-state index is 0.331. The third-order valence-electron chi connectivity index (χ3n) is 4.70. The molecule has 156 valence electrons. The van der Waals surface area contributed by atoms with E-state index in [2.05, 4.69) is 38.5 Å². The van der Waals surface area contributed by atoms with Gasteiger partial charge in [-0.2, -0.15) is 0 Å². The van der Waals surface area contributed by atoms with Gasteiger partial charge in [0.1, 0.15) is 18.3 Å². The quantitative estimate of drug-likeness (QED) is 0.330. The van der Waals surface area contributed by atoms with Crippen molar-refractivity contribution in [1.82, 2.24) is 0 Å². The van der Waals surface area contributed by atoms with Crippen LogP contribution in [0.3, 0.4) is 0 Å². The van der Waals surface area contributed by atoms with Gasteiger partial charge in [-0.05, 0) is 75.6 Å². The first-order chi connectivity index (χ1) is 14.0. The lowest BCUT2D eigenvalue weighted by Gasteiger charge is -2.38. The van der Waals surface area contributed by atoms with Gasteiger partial charge < -0.3 is 18.9 Å². The molecule has 0 radical (unpaired) electrons. The highest BCUT2D eigenvalue weighted by Gasteiger charge is 2.38. The maximum Gasteiger partial charge on any atom is 0.338 e. The average Bonchev–Trinajstić information content (AvgIpc) is 2.75. The normalized spacial score (nSPS) is 22.8. The van der Waals surface area contributed by atoms with Gasteiger partial charge in [-0.25, -0.2) is 4.79 Å². The Bertz CT molecular complexity index is 816. The van der Waals surface area contributed by atoms with Crippen LogP contribution in [0.5, 0.6) is 0 Å². The van der Waals surface area contributed by atoms with E-state index in [1.807, 2.05) is 50.2 Å². The summed E-state index contributed by atoms with van der Waals surface area (Å²) in [6.45, 7) is 4.62. The van der Waals surface area contributed by atoms with Crippen LogP contribution in [-0.4, -0.2) is 37.2 Å². The fourth-order valence-electron chi connectivity index (χ4n) is 3.10. The Balaban J connectivity index is 1.68. The second-order valence-electron chi connectivity index (χ2n) is 6.81. The molecule has 2 aromatic carbocycles. The molecule has 3 rings (SSSR count). The van der Waals surface area contributed by atoms with Crippen molar-refractivity contribution in [2.45, 2.75) is 51.5 Å². The topological polar surface area (TPSA) is 54.0 Å². The lowest BCUT2D eigenvalue weighted by molar-refractivity contribution is -0.279. The van der Waals surface area contributed by atoms with Gasteiger partial charge in [0.15, 0.2) is 6.29 Å². The van der Waals surface area contributed by atoms with E-state index in [1.165, 1.54) is 0 Å². The number of carbonyl (C=O) groups excluding carboxylic acids is 1. The van der Waals surface area contributed by atoms with Gasteiger partial charge in [0.05, 0.1) is 18.8 Å². The van der Waals surface area contributed by atoms with Crippen LogP contribution in [0.4, 0.5) is 0 Å². The predicted octanol–water partition coefficient (Wildman–Crippen LogP) is 5.34. The third-order valence-corrected chi connectivity index (χ3v) is 7.28. The molecule has 29 heavy (non-hydrogen) atoms. The van der Waals surface area contributed by atoms with Gasteiger partial charge >= 0.3 is 5.97 Å². The Morgan fingerprint density at radius 1 is 1.24 bits per heavy atom. The Kier molecular flexibility index (Phi) is 8.49. The molecule has 5 nitrogen and oxygen atoms in total. The molecule has 2 aromatic rings. The number of carbonyl (C=O) groups is 1. The van der Waals surface area contributed by atoms with Crippen LogP contribution >= 0.6 is 38.5 Å². The maximum absolute atomic E-state index is 12.5. The largest absolute Gasteiger partial charge is 0.456 e. The second kappa shape index (κ2) is 10.9. The molecular weight excluding hydrogens is 551 g/mol. The molecule has 1 heterocycles. The molecule has 1 saturated heterocycles. The van der Waals surface area contributed by atoms with Crippen molar-refractivity contribution in [3.05, 3.63) is 67.7 Å². The number of halogens is 2. The summed E-state index contributed by atoms with van der Waals surface area (Å²) in [4.78, 5) is 12.5. The van der Waals surface area contributed by atoms with E-state index in [-0.39, 0.29) is 18.4 Å². The molecule has 1 aliphatic rings. The van der Waals surface area contributed by atoms with E-state index >= 15 is 0 Å². The van der Waals surface area contributed by atoms with Gasteiger partial charge in [0.2, 0.25) is 0 Å². The zero-order valence-corrected chi connectivity index (χ0v) is 20.1. The Labute approximate surface area is 193 Å².